The van der Waals surface area contributed by atoms with Crippen LogP contribution in [-0.2, 0) is 11.2 Å². The van der Waals surface area contributed by atoms with Gasteiger partial charge in [-0.25, -0.2) is 4.98 Å². The SMILES string of the molecule is O=C/C=C/c1ccc(Cc2nc3ccccc3[nH]2)cc1. The second-order valence-corrected chi connectivity index (χ2v) is 4.61. The average molecular weight is 262 g/mol. The van der Waals surface area contributed by atoms with Crippen LogP contribution in [0.3, 0.4) is 0 Å². The van der Waals surface area contributed by atoms with Crippen molar-refractivity contribution in [3.05, 3.63) is 71.6 Å². The molecule has 0 spiro atoms. The summed E-state index contributed by atoms with van der Waals surface area (Å²) >= 11 is 0. The molecule has 0 aliphatic rings. The minimum absolute atomic E-state index is 0.770. The lowest BCUT2D eigenvalue weighted by Gasteiger charge is -1.99. The molecule has 3 nitrogen and oxygen atoms in total. The van der Waals surface area contributed by atoms with E-state index in [0.29, 0.717) is 0 Å². The quantitative estimate of drug-likeness (QED) is 0.579. The Bertz CT molecular complexity index is 721. The van der Waals surface area contributed by atoms with Gasteiger partial charge in [0.1, 0.15) is 12.1 Å². The van der Waals surface area contributed by atoms with Crippen LogP contribution in [0.15, 0.2) is 54.6 Å². The summed E-state index contributed by atoms with van der Waals surface area (Å²) in [6, 6.07) is 16.1. The Kier molecular flexibility index (Phi) is 3.42. The lowest BCUT2D eigenvalue weighted by molar-refractivity contribution is -0.104. The highest BCUT2D eigenvalue weighted by atomic mass is 16.1. The van der Waals surface area contributed by atoms with Gasteiger partial charge in [-0.05, 0) is 29.3 Å². The third-order valence-electron chi connectivity index (χ3n) is 3.16. The summed E-state index contributed by atoms with van der Waals surface area (Å²) in [6.07, 6.45) is 4.83. The zero-order valence-corrected chi connectivity index (χ0v) is 10.9. The van der Waals surface area contributed by atoms with E-state index in [0.717, 1.165) is 35.1 Å². The van der Waals surface area contributed by atoms with E-state index >= 15 is 0 Å². The molecular formula is C17H14N2O. The van der Waals surface area contributed by atoms with Gasteiger partial charge < -0.3 is 4.98 Å². The van der Waals surface area contributed by atoms with Crippen molar-refractivity contribution < 1.29 is 4.79 Å². The van der Waals surface area contributed by atoms with Crippen LogP contribution in [0.25, 0.3) is 17.1 Å². The first kappa shape index (κ1) is 12.4. The number of aromatic nitrogens is 2. The van der Waals surface area contributed by atoms with E-state index in [4.69, 9.17) is 0 Å². The molecule has 0 saturated heterocycles. The van der Waals surface area contributed by atoms with Gasteiger partial charge in [0.2, 0.25) is 0 Å². The number of carbonyl (C=O) groups excluding carboxylic acids is 1. The number of nitrogens with zero attached hydrogens (tertiary/aromatic N) is 1. The normalized spacial score (nSPS) is 11.2. The molecule has 0 radical (unpaired) electrons. The van der Waals surface area contributed by atoms with Gasteiger partial charge in [-0.2, -0.15) is 0 Å². The van der Waals surface area contributed by atoms with Crippen molar-refractivity contribution in [2.45, 2.75) is 6.42 Å². The van der Waals surface area contributed by atoms with Crippen LogP contribution in [0.2, 0.25) is 0 Å². The van der Waals surface area contributed by atoms with Crippen LogP contribution in [0.4, 0.5) is 0 Å². The second-order valence-electron chi connectivity index (χ2n) is 4.61. The third kappa shape index (κ3) is 2.67. The third-order valence-corrected chi connectivity index (χ3v) is 3.16. The molecule has 20 heavy (non-hydrogen) atoms. The second kappa shape index (κ2) is 5.53. The van der Waals surface area contributed by atoms with Crippen molar-refractivity contribution >= 4 is 23.4 Å². The predicted octanol–water partition coefficient (Wildman–Crippen LogP) is 3.37. The van der Waals surface area contributed by atoms with E-state index in [1.165, 1.54) is 11.6 Å². The first-order valence-corrected chi connectivity index (χ1v) is 6.49. The van der Waals surface area contributed by atoms with E-state index in [1.54, 1.807) is 6.08 Å². The fourth-order valence-electron chi connectivity index (χ4n) is 2.18. The molecule has 1 heterocycles. The highest BCUT2D eigenvalue weighted by molar-refractivity contribution is 5.75. The molecule has 0 fully saturated rings. The molecule has 0 aliphatic carbocycles. The molecule has 0 amide bonds. The number of nitrogens with one attached hydrogen (secondary N) is 1. The van der Waals surface area contributed by atoms with E-state index in [2.05, 4.69) is 22.1 Å². The molecule has 0 unspecified atom stereocenters. The number of H-pyrrole nitrogens is 1. The Morgan fingerprint density at radius 3 is 2.60 bits per heavy atom. The van der Waals surface area contributed by atoms with E-state index in [9.17, 15) is 4.79 Å². The van der Waals surface area contributed by atoms with Crippen molar-refractivity contribution in [3.8, 4) is 0 Å². The Hall–Kier alpha value is -2.68. The van der Waals surface area contributed by atoms with Gasteiger partial charge in [0.15, 0.2) is 0 Å². The molecule has 98 valence electrons. The first-order valence-electron chi connectivity index (χ1n) is 6.49. The summed E-state index contributed by atoms with van der Waals surface area (Å²) in [5.41, 5.74) is 4.26. The average Bonchev–Trinajstić information content (AvgIpc) is 2.89. The van der Waals surface area contributed by atoms with Gasteiger partial charge in [-0.15, -0.1) is 0 Å². The van der Waals surface area contributed by atoms with Gasteiger partial charge in [0, 0.05) is 6.42 Å². The summed E-state index contributed by atoms with van der Waals surface area (Å²) in [4.78, 5) is 18.2. The molecular weight excluding hydrogens is 248 g/mol. The van der Waals surface area contributed by atoms with Crippen LogP contribution in [0.5, 0.6) is 0 Å². The zero-order valence-electron chi connectivity index (χ0n) is 10.9. The summed E-state index contributed by atoms with van der Waals surface area (Å²) in [5.74, 6) is 0.961. The number of rotatable bonds is 4. The number of aldehydes is 1. The fourth-order valence-corrected chi connectivity index (χ4v) is 2.18. The van der Waals surface area contributed by atoms with Crippen molar-refractivity contribution in [2.75, 3.05) is 0 Å². The topological polar surface area (TPSA) is 45.8 Å². The van der Waals surface area contributed by atoms with Crippen LogP contribution in [0, 0.1) is 0 Å². The lowest BCUT2D eigenvalue weighted by Crippen LogP contribution is -1.90. The van der Waals surface area contributed by atoms with Crippen LogP contribution < -0.4 is 0 Å². The van der Waals surface area contributed by atoms with Gasteiger partial charge >= 0.3 is 0 Å². The Labute approximate surface area is 117 Å². The Morgan fingerprint density at radius 2 is 1.85 bits per heavy atom. The van der Waals surface area contributed by atoms with Gasteiger partial charge in [-0.3, -0.25) is 4.79 Å². The molecule has 0 bridgehead atoms. The van der Waals surface area contributed by atoms with E-state index < -0.39 is 0 Å². The highest BCUT2D eigenvalue weighted by Crippen LogP contribution is 2.14. The zero-order chi connectivity index (χ0) is 13.8. The number of hydrogen-bond acceptors (Lipinski definition) is 2. The number of aromatic amines is 1. The smallest absolute Gasteiger partial charge is 0.142 e. The van der Waals surface area contributed by atoms with Crippen molar-refractivity contribution in [1.29, 1.82) is 0 Å². The van der Waals surface area contributed by atoms with Gasteiger partial charge in [0.25, 0.3) is 0 Å². The van der Waals surface area contributed by atoms with Crippen LogP contribution >= 0.6 is 0 Å². The molecule has 0 aliphatic heterocycles. The summed E-state index contributed by atoms with van der Waals surface area (Å²) in [5, 5.41) is 0. The fraction of sp³-hybridized carbons (Fsp3) is 0.0588. The van der Waals surface area contributed by atoms with Gasteiger partial charge in [0.05, 0.1) is 11.0 Å². The van der Waals surface area contributed by atoms with Crippen molar-refractivity contribution in [1.82, 2.24) is 9.97 Å². The summed E-state index contributed by atoms with van der Waals surface area (Å²) < 4.78 is 0. The molecule has 1 aromatic heterocycles. The number of imidazole rings is 1. The van der Waals surface area contributed by atoms with Gasteiger partial charge in [-0.1, -0.05) is 42.5 Å². The maximum absolute atomic E-state index is 10.3. The minimum Gasteiger partial charge on any atom is -0.342 e. The van der Waals surface area contributed by atoms with Crippen molar-refractivity contribution in [2.24, 2.45) is 0 Å². The number of allylic oxidation sites excluding steroid dienone is 1. The molecule has 3 rings (SSSR count). The van der Waals surface area contributed by atoms with E-state index in [-0.39, 0.29) is 0 Å². The Balaban J connectivity index is 1.80. The number of benzene rings is 2. The maximum atomic E-state index is 10.3. The minimum atomic E-state index is 0.770. The monoisotopic (exact) mass is 262 g/mol. The largest absolute Gasteiger partial charge is 0.342 e. The molecule has 1 N–H and O–H groups in total. The molecule has 3 aromatic rings. The molecule has 2 aromatic carbocycles. The van der Waals surface area contributed by atoms with E-state index in [1.807, 2.05) is 36.4 Å². The number of hydrogen-bond donors (Lipinski definition) is 1. The first-order chi connectivity index (χ1) is 9.85. The highest BCUT2D eigenvalue weighted by Gasteiger charge is 2.02. The standard InChI is InChI=1S/C17H14N2O/c20-11-3-4-13-7-9-14(10-8-13)12-17-18-15-5-1-2-6-16(15)19-17/h1-11H,12H2,(H,18,19)/b4-3+. The maximum Gasteiger partial charge on any atom is 0.142 e. The van der Waals surface area contributed by atoms with Crippen molar-refractivity contribution in [3.63, 3.8) is 0 Å². The summed E-state index contributed by atoms with van der Waals surface area (Å²) in [7, 11) is 0. The molecule has 0 saturated carbocycles. The Morgan fingerprint density at radius 1 is 1.05 bits per heavy atom. The molecule has 3 heteroatoms. The number of para-hydroxylation sites is 2. The van der Waals surface area contributed by atoms with Crippen LogP contribution in [0.1, 0.15) is 17.0 Å². The summed E-state index contributed by atoms with van der Waals surface area (Å²) in [6.45, 7) is 0. The number of carbonyl (C=O) groups is 1. The lowest BCUT2D eigenvalue weighted by atomic mass is 10.1. The van der Waals surface area contributed by atoms with Crippen LogP contribution in [-0.4, -0.2) is 16.3 Å². The number of fused-ring (bicyclic) bond motifs is 1. The predicted molar refractivity (Wildman–Crippen MR) is 80.4 cm³/mol. The molecule has 0 atom stereocenters.